The van der Waals surface area contributed by atoms with E-state index < -0.39 is 36.6 Å². The van der Waals surface area contributed by atoms with Crippen LogP contribution in [0.5, 0.6) is 0 Å². The van der Waals surface area contributed by atoms with Crippen LogP contribution in [-0.2, 0) is 4.79 Å². The maximum absolute atomic E-state index is 11.9. The molecule has 0 aromatic carbocycles. The van der Waals surface area contributed by atoms with Crippen LogP contribution >= 0.6 is 0 Å². The Hall–Kier alpha value is -2.12. The second kappa shape index (κ2) is 5.48. The van der Waals surface area contributed by atoms with E-state index in [4.69, 9.17) is 5.11 Å². The van der Waals surface area contributed by atoms with Crippen molar-refractivity contribution in [3.8, 4) is 0 Å². The highest BCUT2D eigenvalue weighted by molar-refractivity contribution is 5.98. The van der Waals surface area contributed by atoms with Gasteiger partial charge in [0, 0.05) is 12.6 Å². The van der Waals surface area contributed by atoms with Crippen molar-refractivity contribution in [1.82, 2.24) is 4.98 Å². The SMILES string of the molecule is O=C(CCC(F)(F)F)Nc1cccnc1C(=O)O. The number of carbonyl (C=O) groups is 2. The Morgan fingerprint density at radius 3 is 2.61 bits per heavy atom. The van der Waals surface area contributed by atoms with Crippen molar-refractivity contribution in [2.75, 3.05) is 5.32 Å². The smallest absolute Gasteiger partial charge is 0.389 e. The van der Waals surface area contributed by atoms with Crippen LogP contribution in [0.15, 0.2) is 18.3 Å². The Kier molecular flexibility index (Phi) is 4.24. The fraction of sp³-hybridized carbons (Fsp3) is 0.300. The van der Waals surface area contributed by atoms with E-state index in [0.29, 0.717) is 0 Å². The molecule has 5 nitrogen and oxygen atoms in total. The van der Waals surface area contributed by atoms with Gasteiger partial charge in [-0.05, 0) is 12.1 Å². The zero-order valence-electron chi connectivity index (χ0n) is 8.99. The molecule has 0 radical (unpaired) electrons. The second-order valence-electron chi connectivity index (χ2n) is 3.37. The van der Waals surface area contributed by atoms with Crippen molar-refractivity contribution >= 4 is 17.6 Å². The van der Waals surface area contributed by atoms with Gasteiger partial charge in [-0.15, -0.1) is 0 Å². The highest BCUT2D eigenvalue weighted by Crippen LogP contribution is 2.22. The first-order chi connectivity index (χ1) is 8.29. The standard InChI is InChI=1S/C10H9F3N2O3/c11-10(12,13)4-3-7(16)15-6-2-1-5-14-8(6)9(17)18/h1-2,5H,3-4H2,(H,15,16)(H,17,18). The molecule has 8 heteroatoms. The van der Waals surface area contributed by atoms with Crippen LogP contribution in [0.1, 0.15) is 23.3 Å². The lowest BCUT2D eigenvalue weighted by Gasteiger charge is -2.08. The van der Waals surface area contributed by atoms with E-state index in [-0.39, 0.29) is 5.69 Å². The summed E-state index contributed by atoms with van der Waals surface area (Å²) in [4.78, 5) is 25.4. The maximum Gasteiger partial charge on any atom is 0.389 e. The molecule has 0 bridgehead atoms. The lowest BCUT2D eigenvalue weighted by Crippen LogP contribution is -2.18. The zero-order chi connectivity index (χ0) is 13.8. The lowest BCUT2D eigenvalue weighted by atomic mass is 10.2. The monoisotopic (exact) mass is 262 g/mol. The molecule has 0 fully saturated rings. The zero-order valence-corrected chi connectivity index (χ0v) is 8.99. The third-order valence-corrected chi connectivity index (χ3v) is 1.92. The molecular formula is C10H9F3N2O3. The Bertz CT molecular complexity index is 460. The minimum absolute atomic E-state index is 0.128. The van der Waals surface area contributed by atoms with Crippen LogP contribution in [0.25, 0.3) is 0 Å². The highest BCUT2D eigenvalue weighted by Gasteiger charge is 2.28. The Labute approximate surface area is 99.6 Å². The largest absolute Gasteiger partial charge is 0.476 e. The van der Waals surface area contributed by atoms with Crippen LogP contribution in [0.4, 0.5) is 18.9 Å². The van der Waals surface area contributed by atoms with E-state index in [1.54, 1.807) is 0 Å². The summed E-state index contributed by atoms with van der Waals surface area (Å²) in [5.41, 5.74) is -0.546. The fourth-order valence-corrected chi connectivity index (χ4v) is 1.14. The third-order valence-electron chi connectivity index (χ3n) is 1.92. The van der Waals surface area contributed by atoms with Crippen molar-refractivity contribution in [2.24, 2.45) is 0 Å². The summed E-state index contributed by atoms with van der Waals surface area (Å²) >= 11 is 0. The van der Waals surface area contributed by atoms with Crippen molar-refractivity contribution in [2.45, 2.75) is 19.0 Å². The van der Waals surface area contributed by atoms with Crippen LogP contribution in [0.3, 0.4) is 0 Å². The van der Waals surface area contributed by atoms with E-state index in [0.717, 1.165) is 0 Å². The minimum Gasteiger partial charge on any atom is -0.476 e. The second-order valence-corrected chi connectivity index (χ2v) is 3.37. The van der Waals surface area contributed by atoms with Crippen molar-refractivity contribution in [3.05, 3.63) is 24.0 Å². The Morgan fingerprint density at radius 2 is 2.06 bits per heavy atom. The van der Waals surface area contributed by atoms with Crippen molar-refractivity contribution in [3.63, 3.8) is 0 Å². The molecule has 0 atom stereocenters. The third kappa shape index (κ3) is 4.40. The summed E-state index contributed by atoms with van der Waals surface area (Å²) in [6.07, 6.45) is -5.25. The number of carboxylic acid groups (broad SMARTS) is 1. The lowest BCUT2D eigenvalue weighted by molar-refractivity contribution is -0.142. The van der Waals surface area contributed by atoms with Crippen LogP contribution in [0, 0.1) is 0 Å². The number of anilines is 1. The van der Waals surface area contributed by atoms with Crippen LogP contribution in [-0.4, -0.2) is 28.1 Å². The normalized spacial score (nSPS) is 11.1. The number of aromatic nitrogens is 1. The van der Waals surface area contributed by atoms with Crippen molar-refractivity contribution < 1.29 is 27.9 Å². The Balaban J connectivity index is 2.68. The molecule has 0 spiro atoms. The van der Waals surface area contributed by atoms with Gasteiger partial charge >= 0.3 is 12.1 Å². The molecule has 0 aliphatic carbocycles. The predicted octanol–water partition coefficient (Wildman–Crippen LogP) is 2.06. The predicted molar refractivity (Wildman–Crippen MR) is 55.1 cm³/mol. The average molecular weight is 262 g/mol. The molecule has 1 heterocycles. The fourth-order valence-electron chi connectivity index (χ4n) is 1.14. The summed E-state index contributed by atoms with van der Waals surface area (Å²) < 4.78 is 35.6. The summed E-state index contributed by atoms with van der Waals surface area (Å²) in [5, 5.41) is 10.8. The summed E-state index contributed by atoms with van der Waals surface area (Å²) in [6.45, 7) is 0. The molecule has 0 saturated heterocycles. The van der Waals surface area contributed by atoms with Gasteiger partial charge in [0.1, 0.15) is 0 Å². The molecule has 2 N–H and O–H groups in total. The molecule has 1 rings (SSSR count). The number of hydrogen-bond donors (Lipinski definition) is 2. The molecule has 1 aromatic rings. The summed E-state index contributed by atoms with van der Waals surface area (Å²) in [7, 11) is 0. The van der Waals surface area contributed by atoms with E-state index in [1.807, 2.05) is 0 Å². The maximum atomic E-state index is 11.9. The minimum atomic E-state index is -4.43. The number of rotatable bonds is 4. The van der Waals surface area contributed by atoms with Gasteiger partial charge in [-0.1, -0.05) is 0 Å². The molecule has 0 saturated carbocycles. The van der Waals surface area contributed by atoms with Gasteiger partial charge in [0.05, 0.1) is 12.1 Å². The Morgan fingerprint density at radius 1 is 1.39 bits per heavy atom. The number of carboxylic acids is 1. The van der Waals surface area contributed by atoms with Gasteiger partial charge < -0.3 is 10.4 Å². The number of pyridine rings is 1. The van der Waals surface area contributed by atoms with E-state index in [1.165, 1.54) is 18.3 Å². The van der Waals surface area contributed by atoms with Gasteiger partial charge in [0.15, 0.2) is 5.69 Å². The number of alkyl halides is 3. The number of hydrogen-bond acceptors (Lipinski definition) is 3. The number of nitrogens with zero attached hydrogens (tertiary/aromatic N) is 1. The van der Waals surface area contributed by atoms with Gasteiger partial charge in [-0.3, -0.25) is 4.79 Å². The van der Waals surface area contributed by atoms with E-state index in [9.17, 15) is 22.8 Å². The first kappa shape index (κ1) is 13.9. The first-order valence-electron chi connectivity index (χ1n) is 4.84. The molecule has 0 unspecified atom stereocenters. The molecule has 0 aliphatic rings. The van der Waals surface area contributed by atoms with Gasteiger partial charge in [0.2, 0.25) is 5.91 Å². The number of amides is 1. The highest BCUT2D eigenvalue weighted by atomic mass is 19.4. The molecule has 1 aromatic heterocycles. The van der Waals surface area contributed by atoms with Crippen molar-refractivity contribution in [1.29, 1.82) is 0 Å². The number of aromatic carboxylic acids is 1. The topological polar surface area (TPSA) is 79.3 Å². The van der Waals surface area contributed by atoms with E-state index in [2.05, 4.69) is 10.3 Å². The van der Waals surface area contributed by atoms with Gasteiger partial charge in [-0.2, -0.15) is 13.2 Å². The summed E-state index contributed by atoms with van der Waals surface area (Å²) in [5.74, 6) is -2.29. The van der Waals surface area contributed by atoms with Gasteiger partial charge in [-0.25, -0.2) is 9.78 Å². The molecule has 18 heavy (non-hydrogen) atoms. The summed E-state index contributed by atoms with van der Waals surface area (Å²) in [6, 6.07) is 2.62. The van der Waals surface area contributed by atoms with Crippen LogP contribution in [0.2, 0.25) is 0 Å². The first-order valence-corrected chi connectivity index (χ1v) is 4.84. The number of nitrogens with one attached hydrogen (secondary N) is 1. The average Bonchev–Trinajstić information content (AvgIpc) is 2.26. The van der Waals surface area contributed by atoms with Gasteiger partial charge in [0.25, 0.3) is 0 Å². The molecular weight excluding hydrogens is 253 g/mol. The molecule has 1 amide bonds. The van der Waals surface area contributed by atoms with E-state index >= 15 is 0 Å². The van der Waals surface area contributed by atoms with Crippen LogP contribution < -0.4 is 5.32 Å². The number of halogens is 3. The number of carbonyl (C=O) groups excluding carboxylic acids is 1. The molecule has 98 valence electrons. The molecule has 0 aliphatic heterocycles. The quantitative estimate of drug-likeness (QED) is 0.870.